The number of hydrogen-bond acceptors (Lipinski definition) is 4. The molecule has 0 saturated heterocycles. The van der Waals surface area contributed by atoms with Crippen molar-refractivity contribution in [3.63, 3.8) is 0 Å². The molecular weight excluding hydrogens is 384 g/mol. The number of nitrogens with zero attached hydrogens (tertiary/aromatic N) is 5. The maximum absolute atomic E-state index is 6.21. The molecule has 0 spiro atoms. The minimum absolute atomic E-state index is 0.126. The second-order valence-corrected chi connectivity index (χ2v) is 7.88. The summed E-state index contributed by atoms with van der Waals surface area (Å²) >= 11 is 6.21. The quantitative estimate of drug-likeness (QED) is 0.529. The lowest BCUT2D eigenvalue weighted by atomic mass is 9.93. The minimum atomic E-state index is 0.126. The van der Waals surface area contributed by atoms with E-state index in [1.807, 2.05) is 60.0 Å². The normalized spacial score (nSPS) is 15.5. The summed E-state index contributed by atoms with van der Waals surface area (Å²) in [6.07, 6.45) is 4.83. The summed E-state index contributed by atoms with van der Waals surface area (Å²) in [6.45, 7) is 2.81. The van der Waals surface area contributed by atoms with E-state index in [2.05, 4.69) is 38.9 Å². The summed E-state index contributed by atoms with van der Waals surface area (Å²) in [5.74, 6) is 0. The fourth-order valence-corrected chi connectivity index (χ4v) is 4.23. The number of aryl methyl sites for hydroxylation is 3. The van der Waals surface area contributed by atoms with Crippen molar-refractivity contribution in [2.45, 2.75) is 25.9 Å². The summed E-state index contributed by atoms with van der Waals surface area (Å²) < 4.78 is 3.84. The second-order valence-electron chi connectivity index (χ2n) is 7.45. The summed E-state index contributed by atoms with van der Waals surface area (Å²) in [4.78, 5) is 0. The molecule has 2 aromatic heterocycles. The van der Waals surface area contributed by atoms with E-state index in [4.69, 9.17) is 11.6 Å². The third-order valence-corrected chi connectivity index (χ3v) is 5.65. The van der Waals surface area contributed by atoms with Crippen LogP contribution in [0.4, 0.5) is 5.69 Å². The Labute approximate surface area is 174 Å². The van der Waals surface area contributed by atoms with Gasteiger partial charge in [0.1, 0.15) is 0 Å². The molecule has 0 radical (unpaired) electrons. The molecule has 0 amide bonds. The Morgan fingerprint density at radius 1 is 1.14 bits per heavy atom. The maximum atomic E-state index is 6.21. The first-order chi connectivity index (χ1) is 14.1. The molecule has 6 nitrogen and oxygen atoms in total. The number of benzene rings is 2. The Morgan fingerprint density at radius 3 is 2.83 bits per heavy atom. The largest absolute Gasteiger partial charge is 0.378 e. The predicted molar refractivity (Wildman–Crippen MR) is 115 cm³/mol. The molecule has 0 saturated carbocycles. The van der Waals surface area contributed by atoms with Gasteiger partial charge in [-0.2, -0.15) is 5.10 Å². The van der Waals surface area contributed by atoms with Crippen molar-refractivity contribution in [2.24, 2.45) is 7.05 Å². The molecule has 0 fully saturated rings. The molecule has 5 rings (SSSR count). The first-order valence-corrected chi connectivity index (χ1v) is 10.0. The summed E-state index contributed by atoms with van der Waals surface area (Å²) in [6, 6.07) is 14.6. The number of anilines is 1. The van der Waals surface area contributed by atoms with Gasteiger partial charge in [0.15, 0.2) is 0 Å². The number of hydrogen-bond donors (Lipinski definition) is 1. The number of rotatable bonds is 3. The van der Waals surface area contributed by atoms with E-state index in [1.165, 1.54) is 5.56 Å². The van der Waals surface area contributed by atoms with Gasteiger partial charge in [0, 0.05) is 41.6 Å². The number of aromatic nitrogens is 5. The van der Waals surface area contributed by atoms with E-state index in [1.54, 1.807) is 0 Å². The minimum Gasteiger partial charge on any atom is -0.378 e. The summed E-state index contributed by atoms with van der Waals surface area (Å²) in [7, 11) is 1.93. The van der Waals surface area contributed by atoms with E-state index in [0.717, 1.165) is 51.8 Å². The maximum Gasteiger partial charge on any atom is 0.0918 e. The zero-order chi connectivity index (χ0) is 20.0. The average Bonchev–Trinajstić information content (AvgIpc) is 3.26. The highest BCUT2D eigenvalue weighted by molar-refractivity contribution is 6.30. The molecule has 7 heteroatoms. The van der Waals surface area contributed by atoms with Crippen LogP contribution in [-0.2, 0) is 13.6 Å². The van der Waals surface area contributed by atoms with Crippen LogP contribution < -0.4 is 5.32 Å². The molecule has 1 N–H and O–H groups in total. The van der Waals surface area contributed by atoms with E-state index < -0.39 is 0 Å². The second kappa shape index (κ2) is 7.04. The van der Waals surface area contributed by atoms with Crippen LogP contribution in [0.25, 0.3) is 22.4 Å². The third-order valence-electron chi connectivity index (χ3n) is 5.42. The molecule has 4 aromatic rings. The fraction of sp³-hybridized carbons (Fsp3) is 0.227. The SMILES string of the molecule is Cc1nnn2c1-c1ccc(-c3cnn(C)c3)cc1[C@H](Nc1cccc(Cl)c1)CC2. The zero-order valence-corrected chi connectivity index (χ0v) is 17.1. The Morgan fingerprint density at radius 2 is 2.03 bits per heavy atom. The van der Waals surface area contributed by atoms with Gasteiger partial charge in [-0.25, -0.2) is 4.68 Å². The van der Waals surface area contributed by atoms with Gasteiger partial charge in [0.2, 0.25) is 0 Å². The van der Waals surface area contributed by atoms with Gasteiger partial charge < -0.3 is 5.32 Å². The Bertz CT molecular complexity index is 1190. The first kappa shape index (κ1) is 17.9. The predicted octanol–water partition coefficient (Wildman–Crippen LogP) is 4.86. The van der Waals surface area contributed by atoms with Crippen LogP contribution in [0, 0.1) is 6.92 Å². The zero-order valence-electron chi connectivity index (χ0n) is 16.3. The monoisotopic (exact) mass is 404 g/mol. The van der Waals surface area contributed by atoms with Crippen molar-refractivity contribution >= 4 is 17.3 Å². The molecule has 0 unspecified atom stereocenters. The van der Waals surface area contributed by atoms with Crippen molar-refractivity contribution < 1.29 is 0 Å². The van der Waals surface area contributed by atoms with Crippen LogP contribution >= 0.6 is 11.6 Å². The Balaban J connectivity index is 1.63. The first-order valence-electron chi connectivity index (χ1n) is 9.64. The molecule has 1 atom stereocenters. The average molecular weight is 405 g/mol. The highest BCUT2D eigenvalue weighted by Crippen LogP contribution is 2.39. The van der Waals surface area contributed by atoms with Gasteiger partial charge in [0.05, 0.1) is 23.6 Å². The van der Waals surface area contributed by atoms with Crippen LogP contribution in [0.15, 0.2) is 54.9 Å². The van der Waals surface area contributed by atoms with E-state index in [9.17, 15) is 0 Å². The van der Waals surface area contributed by atoms with E-state index >= 15 is 0 Å². The molecule has 3 heterocycles. The number of fused-ring (bicyclic) bond motifs is 3. The molecule has 0 bridgehead atoms. The van der Waals surface area contributed by atoms with Crippen LogP contribution in [0.5, 0.6) is 0 Å². The fourth-order valence-electron chi connectivity index (χ4n) is 4.04. The highest BCUT2D eigenvalue weighted by atomic mass is 35.5. The standard InChI is InChI=1S/C22H21ClN6/c1-14-22-19-7-6-15(16-12-24-28(2)13-16)10-20(19)21(8-9-29(22)27-26-14)25-18-5-3-4-17(23)11-18/h3-7,10-13,21,25H,8-9H2,1-2H3/t21-/m1/s1. The number of nitrogens with one attached hydrogen (secondary N) is 1. The van der Waals surface area contributed by atoms with Gasteiger partial charge >= 0.3 is 0 Å². The Kier molecular flexibility index (Phi) is 4.36. The lowest BCUT2D eigenvalue weighted by Gasteiger charge is -2.21. The number of halogens is 1. The molecule has 146 valence electrons. The lowest BCUT2D eigenvalue weighted by molar-refractivity contribution is 0.539. The Hall–Kier alpha value is -3.12. The van der Waals surface area contributed by atoms with Gasteiger partial charge in [-0.15, -0.1) is 5.10 Å². The van der Waals surface area contributed by atoms with E-state index in [-0.39, 0.29) is 6.04 Å². The molecular formula is C22H21ClN6. The summed E-state index contributed by atoms with van der Waals surface area (Å²) in [5, 5.41) is 17.4. The van der Waals surface area contributed by atoms with Crippen LogP contribution in [0.1, 0.15) is 23.7 Å². The third kappa shape index (κ3) is 3.29. The molecule has 0 aliphatic carbocycles. The van der Waals surface area contributed by atoms with Gasteiger partial charge in [-0.1, -0.05) is 35.0 Å². The van der Waals surface area contributed by atoms with Crippen molar-refractivity contribution in [1.29, 1.82) is 0 Å². The van der Waals surface area contributed by atoms with Gasteiger partial charge in [-0.3, -0.25) is 4.68 Å². The van der Waals surface area contributed by atoms with Crippen molar-refractivity contribution in [2.75, 3.05) is 5.32 Å². The van der Waals surface area contributed by atoms with Crippen LogP contribution in [-0.4, -0.2) is 24.8 Å². The van der Waals surface area contributed by atoms with Gasteiger partial charge in [-0.05, 0) is 48.7 Å². The molecule has 2 aromatic carbocycles. The van der Waals surface area contributed by atoms with Crippen molar-refractivity contribution in [1.82, 2.24) is 24.8 Å². The molecule has 29 heavy (non-hydrogen) atoms. The summed E-state index contributed by atoms with van der Waals surface area (Å²) in [5.41, 5.74) is 7.69. The van der Waals surface area contributed by atoms with Gasteiger partial charge in [0.25, 0.3) is 0 Å². The lowest BCUT2D eigenvalue weighted by Crippen LogP contribution is -2.12. The highest BCUT2D eigenvalue weighted by Gasteiger charge is 2.25. The van der Waals surface area contributed by atoms with Crippen LogP contribution in [0.2, 0.25) is 5.02 Å². The molecule has 1 aliphatic rings. The van der Waals surface area contributed by atoms with Crippen molar-refractivity contribution in [3.05, 3.63) is 71.1 Å². The topological polar surface area (TPSA) is 60.6 Å². The molecule has 1 aliphatic heterocycles. The van der Waals surface area contributed by atoms with E-state index in [0.29, 0.717) is 0 Å². The van der Waals surface area contributed by atoms with Crippen molar-refractivity contribution in [3.8, 4) is 22.4 Å². The van der Waals surface area contributed by atoms with Crippen LogP contribution in [0.3, 0.4) is 0 Å². The smallest absolute Gasteiger partial charge is 0.0918 e.